The van der Waals surface area contributed by atoms with Crippen molar-refractivity contribution in [1.82, 2.24) is 10.2 Å². The van der Waals surface area contributed by atoms with Crippen LogP contribution in [0.3, 0.4) is 0 Å². The van der Waals surface area contributed by atoms with Gasteiger partial charge in [-0.15, -0.1) is 0 Å². The summed E-state index contributed by atoms with van der Waals surface area (Å²) in [5.41, 5.74) is 2.60. The Hall–Kier alpha value is -1.09. The van der Waals surface area contributed by atoms with Gasteiger partial charge in [-0.25, -0.2) is 0 Å². The van der Waals surface area contributed by atoms with Crippen LogP contribution in [0, 0.1) is 12.8 Å². The van der Waals surface area contributed by atoms with E-state index in [4.69, 9.17) is 12.2 Å². The first-order valence-electron chi connectivity index (χ1n) is 7.63. The molecule has 2 rings (SSSR count). The lowest BCUT2D eigenvalue weighted by Gasteiger charge is -2.33. The van der Waals surface area contributed by atoms with Crippen molar-refractivity contribution in [3.63, 3.8) is 0 Å². The van der Waals surface area contributed by atoms with Crippen molar-refractivity contribution in [1.29, 1.82) is 0 Å². The van der Waals surface area contributed by atoms with Crippen molar-refractivity contribution >= 4 is 17.3 Å². The van der Waals surface area contributed by atoms with E-state index in [2.05, 4.69) is 55.4 Å². The van der Waals surface area contributed by atoms with Crippen molar-refractivity contribution in [3.8, 4) is 0 Å². The normalized spacial score (nSPS) is 22.4. The van der Waals surface area contributed by atoms with E-state index >= 15 is 0 Å². The van der Waals surface area contributed by atoms with Gasteiger partial charge in [-0.1, -0.05) is 49.6 Å². The number of hydrogen-bond acceptors (Lipinski definition) is 1. The average Bonchev–Trinajstić information content (AvgIpc) is 2.44. The molecule has 2 nitrogen and oxygen atoms in total. The molecule has 1 fully saturated rings. The predicted molar refractivity (Wildman–Crippen MR) is 89.8 cm³/mol. The molecule has 0 heterocycles. The van der Waals surface area contributed by atoms with Gasteiger partial charge in [0.25, 0.3) is 0 Å². The first-order valence-corrected chi connectivity index (χ1v) is 8.04. The molecule has 0 aliphatic heterocycles. The topological polar surface area (TPSA) is 15.3 Å². The molecular formula is C17H26N2S. The molecule has 0 amide bonds. The molecule has 1 aromatic rings. The zero-order chi connectivity index (χ0) is 14.5. The van der Waals surface area contributed by atoms with Gasteiger partial charge in [0.2, 0.25) is 0 Å². The number of aryl methyl sites for hydroxylation is 1. The van der Waals surface area contributed by atoms with E-state index in [9.17, 15) is 0 Å². The Kier molecular flexibility index (Phi) is 5.41. The Morgan fingerprint density at radius 1 is 1.25 bits per heavy atom. The lowest BCUT2D eigenvalue weighted by molar-refractivity contribution is 0.300. The van der Waals surface area contributed by atoms with Crippen LogP contribution in [0.4, 0.5) is 0 Å². The second-order valence-electron chi connectivity index (χ2n) is 6.16. The Balaban J connectivity index is 1.86. The van der Waals surface area contributed by atoms with E-state index in [0.717, 1.165) is 17.6 Å². The molecule has 1 saturated carbocycles. The second-order valence-corrected chi connectivity index (χ2v) is 6.55. The molecule has 1 N–H and O–H groups in total. The van der Waals surface area contributed by atoms with Gasteiger partial charge >= 0.3 is 0 Å². The number of rotatable bonds is 3. The van der Waals surface area contributed by atoms with Gasteiger partial charge < -0.3 is 10.2 Å². The second kappa shape index (κ2) is 7.07. The van der Waals surface area contributed by atoms with Crippen LogP contribution in [-0.2, 0) is 6.54 Å². The quantitative estimate of drug-likeness (QED) is 0.851. The number of nitrogens with zero attached hydrogens (tertiary/aromatic N) is 1. The fourth-order valence-corrected chi connectivity index (χ4v) is 3.05. The zero-order valence-electron chi connectivity index (χ0n) is 12.9. The van der Waals surface area contributed by atoms with Crippen LogP contribution >= 0.6 is 12.2 Å². The van der Waals surface area contributed by atoms with Crippen LogP contribution in [-0.4, -0.2) is 23.1 Å². The average molecular weight is 290 g/mol. The fraction of sp³-hybridized carbons (Fsp3) is 0.588. The van der Waals surface area contributed by atoms with E-state index in [-0.39, 0.29) is 0 Å². The SMILES string of the molecule is Cc1ccc(CN(C)C(=S)N[C@H]2CCCC[C@H]2C)cc1. The summed E-state index contributed by atoms with van der Waals surface area (Å²) in [6.07, 6.45) is 5.26. The minimum absolute atomic E-state index is 0.553. The highest BCUT2D eigenvalue weighted by atomic mass is 32.1. The van der Waals surface area contributed by atoms with Gasteiger partial charge in [0.15, 0.2) is 5.11 Å². The minimum Gasteiger partial charge on any atom is -0.360 e. The highest BCUT2D eigenvalue weighted by molar-refractivity contribution is 7.80. The Labute approximate surface area is 128 Å². The predicted octanol–water partition coefficient (Wildman–Crippen LogP) is 3.88. The lowest BCUT2D eigenvalue weighted by atomic mass is 9.86. The van der Waals surface area contributed by atoms with E-state index in [0.29, 0.717) is 6.04 Å². The van der Waals surface area contributed by atoms with Gasteiger partial charge in [0, 0.05) is 19.6 Å². The molecule has 2 atom stereocenters. The van der Waals surface area contributed by atoms with E-state index in [1.54, 1.807) is 0 Å². The maximum atomic E-state index is 5.55. The van der Waals surface area contributed by atoms with Crippen LogP contribution in [0.15, 0.2) is 24.3 Å². The molecule has 0 saturated heterocycles. The lowest BCUT2D eigenvalue weighted by Crippen LogP contribution is -2.46. The van der Waals surface area contributed by atoms with Crippen molar-refractivity contribution in [2.45, 2.75) is 52.1 Å². The third-order valence-corrected chi connectivity index (χ3v) is 4.74. The molecular weight excluding hydrogens is 264 g/mol. The molecule has 20 heavy (non-hydrogen) atoms. The zero-order valence-corrected chi connectivity index (χ0v) is 13.7. The van der Waals surface area contributed by atoms with Crippen LogP contribution < -0.4 is 5.32 Å². The van der Waals surface area contributed by atoms with Gasteiger partial charge in [-0.05, 0) is 43.5 Å². The van der Waals surface area contributed by atoms with Crippen molar-refractivity contribution in [2.24, 2.45) is 5.92 Å². The maximum Gasteiger partial charge on any atom is 0.169 e. The van der Waals surface area contributed by atoms with Crippen LogP contribution in [0.25, 0.3) is 0 Å². The monoisotopic (exact) mass is 290 g/mol. The Morgan fingerprint density at radius 3 is 2.55 bits per heavy atom. The van der Waals surface area contributed by atoms with Crippen LogP contribution in [0.5, 0.6) is 0 Å². The standard InChI is InChI=1S/C17H26N2S/c1-13-8-10-15(11-9-13)12-19(3)17(20)18-16-7-5-4-6-14(16)2/h8-11,14,16H,4-7,12H2,1-3H3,(H,18,20)/t14-,16+/m1/s1. The third kappa shape index (κ3) is 4.20. The summed E-state index contributed by atoms with van der Waals surface area (Å²) in [5.74, 6) is 0.731. The maximum absolute atomic E-state index is 5.55. The molecule has 0 aromatic heterocycles. The summed E-state index contributed by atoms with van der Waals surface area (Å²) in [7, 11) is 2.07. The van der Waals surface area contributed by atoms with Gasteiger partial charge in [-0.3, -0.25) is 0 Å². The van der Waals surface area contributed by atoms with E-state index in [1.165, 1.54) is 36.8 Å². The largest absolute Gasteiger partial charge is 0.360 e. The molecule has 1 aliphatic rings. The number of hydrogen-bond donors (Lipinski definition) is 1. The van der Waals surface area contributed by atoms with Gasteiger partial charge in [0.1, 0.15) is 0 Å². The summed E-state index contributed by atoms with van der Waals surface area (Å²) in [6, 6.07) is 9.22. The summed E-state index contributed by atoms with van der Waals surface area (Å²) in [6.45, 7) is 5.32. The first-order chi connectivity index (χ1) is 9.56. The number of benzene rings is 1. The molecule has 3 heteroatoms. The Morgan fingerprint density at radius 2 is 1.90 bits per heavy atom. The summed E-state index contributed by atoms with van der Waals surface area (Å²) in [4.78, 5) is 2.14. The van der Waals surface area contributed by atoms with Crippen LogP contribution in [0.1, 0.15) is 43.7 Å². The summed E-state index contributed by atoms with van der Waals surface area (Å²) >= 11 is 5.55. The summed E-state index contributed by atoms with van der Waals surface area (Å²) in [5, 5.41) is 4.44. The summed E-state index contributed by atoms with van der Waals surface area (Å²) < 4.78 is 0. The molecule has 0 spiro atoms. The van der Waals surface area contributed by atoms with Crippen molar-refractivity contribution < 1.29 is 0 Å². The highest BCUT2D eigenvalue weighted by Gasteiger charge is 2.22. The molecule has 1 aromatic carbocycles. The molecule has 110 valence electrons. The van der Waals surface area contributed by atoms with Crippen LogP contribution in [0.2, 0.25) is 0 Å². The minimum atomic E-state index is 0.553. The third-order valence-electron chi connectivity index (χ3n) is 4.31. The van der Waals surface area contributed by atoms with E-state index < -0.39 is 0 Å². The van der Waals surface area contributed by atoms with E-state index in [1.807, 2.05) is 0 Å². The smallest absolute Gasteiger partial charge is 0.169 e. The first kappa shape index (κ1) is 15.3. The number of nitrogens with one attached hydrogen (secondary N) is 1. The van der Waals surface area contributed by atoms with Crippen molar-refractivity contribution in [3.05, 3.63) is 35.4 Å². The highest BCUT2D eigenvalue weighted by Crippen LogP contribution is 2.23. The van der Waals surface area contributed by atoms with Gasteiger partial charge in [-0.2, -0.15) is 0 Å². The molecule has 1 aliphatic carbocycles. The molecule has 0 unspecified atom stereocenters. The molecule has 0 bridgehead atoms. The number of thiocarbonyl (C=S) groups is 1. The molecule has 0 radical (unpaired) electrons. The van der Waals surface area contributed by atoms with Gasteiger partial charge in [0.05, 0.1) is 0 Å². The fourth-order valence-electron chi connectivity index (χ4n) is 2.84. The van der Waals surface area contributed by atoms with Crippen molar-refractivity contribution in [2.75, 3.05) is 7.05 Å². The Bertz CT molecular complexity index is 441.